The van der Waals surface area contributed by atoms with E-state index in [0.717, 1.165) is 25.8 Å². The van der Waals surface area contributed by atoms with Crippen LogP contribution in [-0.2, 0) is 10.0 Å². The molecule has 3 rings (SSSR count). The number of sulfonamides is 1. The van der Waals surface area contributed by atoms with Crippen molar-refractivity contribution < 1.29 is 17.6 Å². The number of carbonyl (C=O) groups is 1. The zero-order valence-corrected chi connectivity index (χ0v) is 22.8. The van der Waals surface area contributed by atoms with Gasteiger partial charge in [0, 0.05) is 25.7 Å². The first-order valence-electron chi connectivity index (χ1n) is 11.2. The van der Waals surface area contributed by atoms with Gasteiger partial charge < -0.3 is 4.90 Å². The minimum Gasteiger partial charge on any atom is -0.309 e. The smallest absolute Gasteiger partial charge is 0.260 e. The van der Waals surface area contributed by atoms with E-state index in [1.54, 1.807) is 18.0 Å². The van der Waals surface area contributed by atoms with Crippen molar-refractivity contribution in [1.29, 1.82) is 0 Å². The highest BCUT2D eigenvalue weighted by atomic mass is 35.5. The maximum absolute atomic E-state index is 13.7. The number of aromatic nitrogens is 1. The van der Waals surface area contributed by atoms with Gasteiger partial charge in [-0.3, -0.25) is 9.69 Å². The molecule has 0 aliphatic heterocycles. The molecule has 3 aromatic rings. The average molecular weight is 543 g/mol. The SMILES string of the molecule is CCCCN(C)S(=O)(=O)c1ccc(C(=O)N(CCCN(C)C)c2nc3ccc(F)cc3s2)cc1.Cl. The molecule has 0 saturated carbocycles. The Morgan fingerprint density at radius 2 is 1.69 bits per heavy atom. The number of anilines is 1. The van der Waals surface area contributed by atoms with Crippen molar-refractivity contribution in [3.8, 4) is 0 Å². The van der Waals surface area contributed by atoms with Crippen LogP contribution in [0.1, 0.15) is 36.5 Å². The van der Waals surface area contributed by atoms with Gasteiger partial charge in [0.2, 0.25) is 10.0 Å². The van der Waals surface area contributed by atoms with Gasteiger partial charge in [0.25, 0.3) is 5.91 Å². The topological polar surface area (TPSA) is 73.8 Å². The molecule has 7 nitrogen and oxygen atoms in total. The number of carbonyl (C=O) groups excluding carboxylic acids is 1. The van der Waals surface area contributed by atoms with E-state index >= 15 is 0 Å². The van der Waals surface area contributed by atoms with Crippen LogP contribution in [0.4, 0.5) is 9.52 Å². The molecule has 0 radical (unpaired) electrons. The van der Waals surface area contributed by atoms with E-state index in [0.29, 0.717) is 34.0 Å². The number of thiazole rings is 1. The van der Waals surface area contributed by atoms with Crippen molar-refractivity contribution in [2.45, 2.75) is 31.1 Å². The summed E-state index contributed by atoms with van der Waals surface area (Å²) in [6.07, 6.45) is 2.40. The molecular weight excluding hydrogens is 511 g/mol. The lowest BCUT2D eigenvalue weighted by Gasteiger charge is -2.21. The molecule has 0 aliphatic carbocycles. The molecule has 0 N–H and O–H groups in total. The monoisotopic (exact) mass is 542 g/mol. The number of nitrogens with zero attached hydrogens (tertiary/aromatic N) is 4. The Hall–Kier alpha value is -2.11. The number of halogens is 2. The van der Waals surface area contributed by atoms with Crippen LogP contribution in [0.5, 0.6) is 0 Å². The number of amides is 1. The summed E-state index contributed by atoms with van der Waals surface area (Å²) in [6, 6.07) is 10.4. The van der Waals surface area contributed by atoms with Gasteiger partial charge in [0.05, 0.1) is 15.1 Å². The van der Waals surface area contributed by atoms with E-state index in [-0.39, 0.29) is 29.0 Å². The maximum atomic E-state index is 13.7. The van der Waals surface area contributed by atoms with E-state index in [9.17, 15) is 17.6 Å². The first kappa shape index (κ1) is 29.1. The van der Waals surface area contributed by atoms with Gasteiger partial charge in [-0.2, -0.15) is 0 Å². The zero-order valence-electron chi connectivity index (χ0n) is 20.4. The Kier molecular flexibility index (Phi) is 10.6. The predicted octanol–water partition coefficient (Wildman–Crippen LogP) is 4.88. The van der Waals surface area contributed by atoms with Gasteiger partial charge in [-0.05, 0) is 75.9 Å². The minimum atomic E-state index is -3.61. The molecule has 0 bridgehead atoms. The molecule has 2 aromatic carbocycles. The molecular formula is C24H32ClFN4O3S2. The van der Waals surface area contributed by atoms with Gasteiger partial charge in [0.15, 0.2) is 5.13 Å². The number of fused-ring (bicyclic) bond motifs is 1. The van der Waals surface area contributed by atoms with E-state index in [4.69, 9.17) is 0 Å². The lowest BCUT2D eigenvalue weighted by Crippen LogP contribution is -2.33. The van der Waals surface area contributed by atoms with Gasteiger partial charge in [-0.15, -0.1) is 12.4 Å². The van der Waals surface area contributed by atoms with Crippen LogP contribution in [0, 0.1) is 5.82 Å². The first-order valence-corrected chi connectivity index (χ1v) is 13.5. The fourth-order valence-electron chi connectivity index (χ4n) is 3.44. The molecule has 0 atom stereocenters. The molecule has 11 heteroatoms. The summed E-state index contributed by atoms with van der Waals surface area (Å²) in [7, 11) is 1.87. The second kappa shape index (κ2) is 12.7. The van der Waals surface area contributed by atoms with Crippen molar-refractivity contribution in [2.75, 3.05) is 45.7 Å². The van der Waals surface area contributed by atoms with E-state index < -0.39 is 10.0 Å². The van der Waals surface area contributed by atoms with Crippen molar-refractivity contribution in [1.82, 2.24) is 14.2 Å². The third-order valence-electron chi connectivity index (χ3n) is 5.44. The van der Waals surface area contributed by atoms with Crippen molar-refractivity contribution >= 4 is 55.0 Å². The summed E-state index contributed by atoms with van der Waals surface area (Å²) in [6.45, 7) is 3.66. The highest BCUT2D eigenvalue weighted by Crippen LogP contribution is 2.30. The highest BCUT2D eigenvalue weighted by molar-refractivity contribution is 7.89. The third-order valence-corrected chi connectivity index (χ3v) is 8.35. The Morgan fingerprint density at radius 1 is 1.00 bits per heavy atom. The van der Waals surface area contributed by atoms with Crippen LogP contribution in [0.15, 0.2) is 47.4 Å². The van der Waals surface area contributed by atoms with Crippen LogP contribution in [-0.4, -0.2) is 69.3 Å². The second-order valence-corrected chi connectivity index (χ2v) is 11.5. The first-order chi connectivity index (χ1) is 16.1. The lowest BCUT2D eigenvalue weighted by atomic mass is 10.2. The lowest BCUT2D eigenvalue weighted by molar-refractivity contribution is 0.0986. The fourth-order valence-corrected chi connectivity index (χ4v) is 5.66. The number of unbranched alkanes of at least 4 members (excludes halogenated alkanes) is 1. The molecule has 35 heavy (non-hydrogen) atoms. The van der Waals surface area contributed by atoms with Gasteiger partial charge >= 0.3 is 0 Å². The van der Waals surface area contributed by atoms with Gasteiger partial charge in [-0.25, -0.2) is 22.1 Å². The summed E-state index contributed by atoms with van der Waals surface area (Å²) in [5.74, 6) is -0.629. The Bertz CT molecular complexity index is 1230. The number of benzene rings is 2. The molecule has 0 saturated heterocycles. The van der Waals surface area contributed by atoms with Crippen molar-refractivity contribution in [2.24, 2.45) is 0 Å². The van der Waals surface area contributed by atoms with Gasteiger partial charge in [-0.1, -0.05) is 24.7 Å². The zero-order chi connectivity index (χ0) is 24.9. The quantitative estimate of drug-likeness (QED) is 0.345. The highest BCUT2D eigenvalue weighted by Gasteiger charge is 2.24. The predicted molar refractivity (Wildman–Crippen MR) is 143 cm³/mol. The summed E-state index contributed by atoms with van der Waals surface area (Å²) in [5.41, 5.74) is 0.994. The number of rotatable bonds is 11. The second-order valence-electron chi connectivity index (χ2n) is 8.43. The largest absolute Gasteiger partial charge is 0.309 e. The molecule has 0 aliphatic rings. The minimum absolute atomic E-state index is 0. The van der Waals surface area contributed by atoms with Crippen LogP contribution < -0.4 is 4.90 Å². The molecule has 0 unspecified atom stereocenters. The summed E-state index contributed by atoms with van der Waals surface area (Å²) >= 11 is 1.26. The molecule has 0 fully saturated rings. The summed E-state index contributed by atoms with van der Waals surface area (Å²) in [5, 5.41) is 0.486. The van der Waals surface area contributed by atoms with Gasteiger partial charge in [0.1, 0.15) is 5.82 Å². The van der Waals surface area contributed by atoms with E-state index in [2.05, 4.69) is 4.98 Å². The van der Waals surface area contributed by atoms with Crippen LogP contribution >= 0.6 is 23.7 Å². The third kappa shape index (κ3) is 7.20. The normalized spacial score (nSPS) is 11.7. The molecule has 1 aromatic heterocycles. The van der Waals surface area contributed by atoms with Crippen molar-refractivity contribution in [3.05, 3.63) is 53.8 Å². The summed E-state index contributed by atoms with van der Waals surface area (Å²) in [4.78, 5) is 21.8. The van der Waals surface area contributed by atoms with E-state index in [1.807, 2.05) is 25.9 Å². The van der Waals surface area contributed by atoms with Crippen LogP contribution in [0.3, 0.4) is 0 Å². The maximum Gasteiger partial charge on any atom is 0.260 e. The molecule has 192 valence electrons. The Balaban J connectivity index is 0.00000432. The van der Waals surface area contributed by atoms with Crippen LogP contribution in [0.2, 0.25) is 0 Å². The molecule has 0 spiro atoms. The molecule has 1 heterocycles. The summed E-state index contributed by atoms with van der Waals surface area (Å²) < 4.78 is 41.2. The molecule has 1 amide bonds. The Labute approximate surface area is 217 Å². The number of hydrogen-bond acceptors (Lipinski definition) is 6. The fraction of sp³-hybridized carbons (Fsp3) is 0.417. The van der Waals surface area contributed by atoms with Crippen molar-refractivity contribution in [3.63, 3.8) is 0 Å². The Morgan fingerprint density at radius 3 is 2.31 bits per heavy atom. The standard InChI is InChI=1S/C24H31FN4O3S2.ClH/c1-5-6-15-28(4)34(31,32)20-11-8-18(9-12-20)23(30)29(16-7-14-27(2)3)24-26-21-13-10-19(25)17-22(21)33-24;/h8-13,17H,5-7,14-16H2,1-4H3;1H. The number of hydrogen-bond donors (Lipinski definition) is 0. The average Bonchev–Trinajstić information content (AvgIpc) is 3.22. The van der Waals surface area contributed by atoms with E-state index in [1.165, 1.54) is 52.0 Å². The van der Waals surface area contributed by atoms with Crippen LogP contribution in [0.25, 0.3) is 10.2 Å².